The third kappa shape index (κ3) is 15.5. The zero-order valence-electron chi connectivity index (χ0n) is 46.0. The molecular weight excluding hydrogens is 1100 g/mol. The molecule has 0 spiro atoms. The van der Waals surface area contributed by atoms with Crippen molar-refractivity contribution in [2.45, 2.75) is 25.2 Å². The lowest BCUT2D eigenvalue weighted by Crippen LogP contribution is -2.34. The van der Waals surface area contributed by atoms with Gasteiger partial charge in [0.2, 0.25) is 35.5 Å². The van der Waals surface area contributed by atoms with Gasteiger partial charge in [-0.15, -0.1) is 11.6 Å². The van der Waals surface area contributed by atoms with Crippen molar-refractivity contribution >= 4 is 91.5 Å². The monoisotopic (exact) mass is 1160 g/mol. The van der Waals surface area contributed by atoms with E-state index in [0.29, 0.717) is 24.5 Å². The summed E-state index contributed by atoms with van der Waals surface area (Å²) in [4.78, 5) is 61.1. The van der Waals surface area contributed by atoms with E-state index in [0.717, 1.165) is 32.9 Å². The Kier molecular flexibility index (Phi) is 18.9. The Bertz CT molecular complexity index is 3540. The number of fused-ring (bicyclic) bond motifs is 2. The molecular formula is C55H61ClF6N16O4. The molecule has 0 bridgehead atoms. The Labute approximate surface area is 473 Å². The normalized spacial score (nSPS) is 11.9. The van der Waals surface area contributed by atoms with E-state index in [-0.39, 0.29) is 84.6 Å². The lowest BCUT2D eigenvalue weighted by molar-refractivity contribution is -0.154. The highest BCUT2D eigenvalue weighted by atomic mass is 35.5. The molecule has 27 heteroatoms. The maximum absolute atomic E-state index is 13.9. The van der Waals surface area contributed by atoms with Gasteiger partial charge in [0.25, 0.3) is 0 Å². The minimum atomic E-state index is -4.74. The molecule has 6 aromatic heterocycles. The van der Waals surface area contributed by atoms with Crippen molar-refractivity contribution in [3.05, 3.63) is 97.6 Å². The lowest BCUT2D eigenvalue weighted by Gasteiger charge is -2.26. The van der Waals surface area contributed by atoms with Crippen molar-refractivity contribution in [3.63, 3.8) is 0 Å². The smallest absolute Gasteiger partial charge is 0.422 e. The van der Waals surface area contributed by atoms with E-state index in [2.05, 4.69) is 46.2 Å². The average Bonchev–Trinajstić information content (AvgIpc) is 3.70. The first-order valence-electron chi connectivity index (χ1n) is 25.7. The van der Waals surface area contributed by atoms with Crippen molar-refractivity contribution in [2.75, 3.05) is 118 Å². The highest BCUT2D eigenvalue weighted by Crippen LogP contribution is 2.39. The van der Waals surface area contributed by atoms with Gasteiger partial charge in [0.05, 0.1) is 22.8 Å². The van der Waals surface area contributed by atoms with Crippen LogP contribution >= 0.6 is 11.6 Å². The number of likely N-dealkylation sites (N-methyl/N-ethyl adjacent to an activating group) is 4. The number of carbonyl (C=O) groups is 2. The van der Waals surface area contributed by atoms with E-state index in [1.165, 1.54) is 24.5 Å². The molecule has 8 aromatic rings. The summed E-state index contributed by atoms with van der Waals surface area (Å²) in [5, 5.41) is 13.4. The standard InChI is InChI=1S/C55H61ClF6N16O4/c1-73(2)24-26-75(4)48-41(29-43(50(71-48)81-32-54(57,58)59)70-53-64-22-18-39(68-53)37-31-78(7)45-15-11-9-13-35(37)45)66-47(80)19-23-74(3)25-27-76(5)49-40(65-46(79)16-20-56)28-42(51(72-49)82-33-55(60,61)62)69-52-63-21-17-38(67-52)36-30-77(6)44-14-10-8-12-34(36)44/h8-15,17-18,21-22,28-31H,16,19-20,23-27,32-33H2,1-7H3,(H,65,79)(H,66,80)(H,63,67,69)(H,64,68,70). The van der Waals surface area contributed by atoms with Crippen LogP contribution in [0.4, 0.5) is 72.6 Å². The van der Waals surface area contributed by atoms with Crippen LogP contribution in [0.25, 0.3) is 44.3 Å². The zero-order valence-corrected chi connectivity index (χ0v) is 46.7. The third-order valence-corrected chi connectivity index (χ3v) is 13.0. The number of para-hydroxylation sites is 2. The number of nitrogens with zero attached hydrogens (tertiary/aromatic N) is 12. The fourth-order valence-electron chi connectivity index (χ4n) is 8.71. The van der Waals surface area contributed by atoms with Crippen molar-refractivity contribution in [2.24, 2.45) is 14.1 Å². The van der Waals surface area contributed by atoms with Gasteiger partial charge in [-0.2, -0.15) is 36.3 Å². The largest absolute Gasteiger partial charge is 0.466 e. The Morgan fingerprint density at radius 1 is 0.573 bits per heavy atom. The van der Waals surface area contributed by atoms with E-state index >= 15 is 0 Å². The summed E-state index contributed by atoms with van der Waals surface area (Å²) in [7, 11) is 12.6. The molecule has 0 saturated carbocycles. The maximum atomic E-state index is 13.9. The first-order valence-corrected chi connectivity index (χ1v) is 26.2. The topological polar surface area (TPSA) is 201 Å². The highest BCUT2D eigenvalue weighted by molar-refractivity contribution is 6.19. The fourth-order valence-corrected chi connectivity index (χ4v) is 8.88. The molecule has 0 radical (unpaired) electrons. The van der Waals surface area contributed by atoms with Gasteiger partial charge in [-0.25, -0.2) is 19.9 Å². The molecule has 434 valence electrons. The number of benzene rings is 2. The second-order valence-electron chi connectivity index (χ2n) is 19.6. The Morgan fingerprint density at radius 3 is 1.45 bits per heavy atom. The van der Waals surface area contributed by atoms with E-state index in [1.54, 1.807) is 43.1 Å². The number of rotatable bonds is 25. The predicted octanol–water partition coefficient (Wildman–Crippen LogP) is 9.71. The molecule has 4 N–H and O–H groups in total. The van der Waals surface area contributed by atoms with Crippen LogP contribution in [0.1, 0.15) is 12.8 Å². The van der Waals surface area contributed by atoms with E-state index in [9.17, 15) is 35.9 Å². The fraction of sp³-hybridized carbons (Fsp3) is 0.345. The summed E-state index contributed by atoms with van der Waals surface area (Å²) >= 11 is 5.92. The van der Waals surface area contributed by atoms with Crippen LogP contribution in [0, 0.1) is 0 Å². The van der Waals surface area contributed by atoms with Crippen molar-refractivity contribution in [1.29, 1.82) is 0 Å². The number of alkyl halides is 7. The highest BCUT2D eigenvalue weighted by Gasteiger charge is 2.32. The summed E-state index contributed by atoms with van der Waals surface area (Å²) in [6.07, 6.45) is -2.80. The zero-order chi connectivity index (χ0) is 58.9. The first kappa shape index (κ1) is 59.6. The lowest BCUT2D eigenvalue weighted by atomic mass is 10.1. The molecule has 0 aliphatic carbocycles. The molecule has 20 nitrogen and oxygen atoms in total. The summed E-state index contributed by atoms with van der Waals surface area (Å²) in [5.74, 6) is -1.64. The summed E-state index contributed by atoms with van der Waals surface area (Å²) in [6.45, 7) is -1.85. The molecule has 6 heterocycles. The van der Waals surface area contributed by atoms with Crippen LogP contribution in [-0.2, 0) is 23.7 Å². The molecule has 0 atom stereocenters. The number of hydrogen-bond donors (Lipinski definition) is 4. The van der Waals surface area contributed by atoms with Gasteiger partial charge >= 0.3 is 12.4 Å². The van der Waals surface area contributed by atoms with Crippen LogP contribution in [0.2, 0.25) is 0 Å². The summed E-state index contributed by atoms with van der Waals surface area (Å²) < 4.78 is 96.9. The molecule has 82 heavy (non-hydrogen) atoms. The Balaban J connectivity index is 1.01. The number of amides is 2. The van der Waals surface area contributed by atoms with Crippen molar-refractivity contribution < 1.29 is 45.4 Å². The number of ether oxygens (including phenoxy) is 2. The molecule has 2 aromatic carbocycles. The van der Waals surface area contributed by atoms with Crippen molar-refractivity contribution in [3.8, 4) is 34.3 Å². The van der Waals surface area contributed by atoms with E-state index in [4.69, 9.17) is 26.1 Å². The predicted molar refractivity (Wildman–Crippen MR) is 306 cm³/mol. The number of anilines is 8. The Morgan fingerprint density at radius 2 is 1.01 bits per heavy atom. The number of carbonyl (C=O) groups excluding carboxylic acids is 2. The SMILES string of the molecule is CN(C)CCN(C)c1nc(OCC(F)(F)F)c(Nc2nccc(-c3cn(C)c4ccccc34)n2)cc1NC(=O)CCN(C)CCN(C)c1nc(OCC(F)(F)F)c(Nc2nccc(-c3cn(C)c4ccccc34)n2)cc1NC(=O)CCCl. The van der Waals surface area contributed by atoms with Gasteiger partial charge in [0, 0.05) is 137 Å². The molecule has 0 unspecified atom stereocenters. The molecule has 8 rings (SSSR count). The van der Waals surface area contributed by atoms with Crippen LogP contribution in [0.5, 0.6) is 11.8 Å². The summed E-state index contributed by atoms with van der Waals surface area (Å²) in [6, 6.07) is 21.7. The molecule has 0 aliphatic rings. The number of hydrogen-bond acceptors (Lipinski definition) is 16. The summed E-state index contributed by atoms with van der Waals surface area (Å²) in [5.41, 5.74) is 4.69. The first-order chi connectivity index (χ1) is 39.0. The molecule has 2 amide bonds. The Hall–Kier alpha value is -8.49. The quantitative estimate of drug-likeness (QED) is 0.0311. The van der Waals surface area contributed by atoms with Crippen LogP contribution in [-0.4, -0.2) is 160 Å². The second-order valence-corrected chi connectivity index (χ2v) is 20.0. The van der Waals surface area contributed by atoms with Crippen LogP contribution < -0.4 is 40.5 Å². The van der Waals surface area contributed by atoms with Gasteiger partial charge in [0.1, 0.15) is 11.4 Å². The molecule has 0 aliphatic heterocycles. The van der Waals surface area contributed by atoms with Gasteiger partial charge in [-0.05, 0) is 57.5 Å². The molecule has 0 fully saturated rings. The average molecular weight is 1160 g/mol. The number of aromatic nitrogens is 8. The van der Waals surface area contributed by atoms with Crippen molar-refractivity contribution in [1.82, 2.24) is 48.8 Å². The maximum Gasteiger partial charge on any atom is 0.422 e. The van der Waals surface area contributed by atoms with Gasteiger partial charge in [-0.3, -0.25) is 9.59 Å². The van der Waals surface area contributed by atoms with Crippen LogP contribution in [0.3, 0.4) is 0 Å². The van der Waals surface area contributed by atoms with E-state index < -0.39 is 49.1 Å². The number of halogens is 7. The number of aryl methyl sites for hydroxylation is 2. The number of pyridine rings is 2. The minimum absolute atomic E-state index is 0.00945. The third-order valence-electron chi connectivity index (χ3n) is 12.8. The van der Waals surface area contributed by atoms with E-state index in [1.807, 2.05) is 108 Å². The van der Waals surface area contributed by atoms with Gasteiger partial charge in [0.15, 0.2) is 24.8 Å². The van der Waals surface area contributed by atoms with Gasteiger partial charge in [-0.1, -0.05) is 36.4 Å². The minimum Gasteiger partial charge on any atom is -0.466 e. The number of nitrogens with one attached hydrogen (secondary N) is 4. The van der Waals surface area contributed by atoms with Gasteiger partial charge < -0.3 is 59.5 Å². The molecule has 0 saturated heterocycles. The van der Waals surface area contributed by atoms with Crippen LogP contribution in [0.15, 0.2) is 97.6 Å². The second kappa shape index (κ2) is 26.0.